The zero-order valence-corrected chi connectivity index (χ0v) is 9.50. The van der Waals surface area contributed by atoms with E-state index in [2.05, 4.69) is 11.8 Å². The van der Waals surface area contributed by atoms with Gasteiger partial charge in [0, 0.05) is 0 Å². The molecule has 0 aliphatic carbocycles. The zero-order chi connectivity index (χ0) is 9.49. The molecule has 0 fully saturated rings. The zero-order valence-electron chi connectivity index (χ0n) is 6.38. The molecule has 9 heteroatoms. The summed E-state index contributed by atoms with van der Waals surface area (Å²) in [5.41, 5.74) is 0. The van der Waals surface area contributed by atoms with Crippen LogP contribution in [-0.4, -0.2) is 35.2 Å². The van der Waals surface area contributed by atoms with Gasteiger partial charge in [0.1, 0.15) is 6.61 Å². The summed E-state index contributed by atoms with van der Waals surface area (Å²) >= 11 is 0. The standard InChI is InChI=1S/C3H4F3O.BH3O3.K/c1-7-2-3(4,5)6;2-1(3)4;/h1-2H2;2-4H;/q-1;;+1. The summed E-state index contributed by atoms with van der Waals surface area (Å²) in [6.07, 6.45) is -4.23. The summed E-state index contributed by atoms with van der Waals surface area (Å²) in [6.45, 7) is -1.27. The summed E-state index contributed by atoms with van der Waals surface area (Å²) in [7, 11) is 0.384. The fourth-order valence-corrected chi connectivity index (χ4v) is 0.116. The Balaban J connectivity index is -0.000000142. The first-order valence-corrected chi connectivity index (χ1v) is 2.27. The minimum Gasteiger partial charge on any atom is -0.549 e. The Morgan fingerprint density at radius 3 is 1.50 bits per heavy atom. The van der Waals surface area contributed by atoms with Crippen LogP contribution in [-0.2, 0) is 4.74 Å². The van der Waals surface area contributed by atoms with Crippen molar-refractivity contribution in [3.8, 4) is 0 Å². The van der Waals surface area contributed by atoms with Gasteiger partial charge >= 0.3 is 64.9 Å². The quantitative estimate of drug-likeness (QED) is 0.310. The Hall–Kier alpha value is 1.33. The van der Waals surface area contributed by atoms with Crippen molar-refractivity contribution in [3.63, 3.8) is 0 Å². The van der Waals surface area contributed by atoms with Crippen LogP contribution >= 0.6 is 0 Å². The van der Waals surface area contributed by atoms with Crippen molar-refractivity contribution in [2.75, 3.05) is 6.61 Å². The molecule has 0 aromatic rings. The van der Waals surface area contributed by atoms with Gasteiger partial charge in [-0.1, -0.05) is 0 Å². The normalized spacial score (nSPS) is 9.25. The van der Waals surface area contributed by atoms with E-state index in [1.807, 2.05) is 0 Å². The minimum absolute atomic E-state index is 0. The third-order valence-corrected chi connectivity index (χ3v) is 0.266. The van der Waals surface area contributed by atoms with Crippen LogP contribution in [0.5, 0.6) is 0 Å². The van der Waals surface area contributed by atoms with Gasteiger partial charge in [-0.3, -0.25) is 0 Å². The number of ether oxygens (including phenoxy) is 1. The molecule has 0 atom stereocenters. The maximum Gasteiger partial charge on any atom is 1.00 e. The Labute approximate surface area is 110 Å². The molecule has 0 saturated heterocycles. The van der Waals surface area contributed by atoms with Crippen LogP contribution in [0.15, 0.2) is 0 Å². The molecule has 3 N–H and O–H groups in total. The SMILES string of the molecule is OB(O)O.[CH2-]OCC(F)(F)F.[K+]. The van der Waals surface area contributed by atoms with E-state index in [9.17, 15) is 13.2 Å². The fraction of sp³-hybridized carbons (Fsp3) is 0.667. The molecule has 0 aromatic carbocycles. The third kappa shape index (κ3) is 42.6. The first kappa shape index (κ1) is 19.0. The second kappa shape index (κ2) is 10.4. The smallest absolute Gasteiger partial charge is 0.549 e. The second-order valence-corrected chi connectivity index (χ2v) is 1.31. The molecule has 0 unspecified atom stereocenters. The average molecular weight is 214 g/mol. The molecule has 0 spiro atoms. The van der Waals surface area contributed by atoms with Crippen LogP contribution in [0.2, 0.25) is 0 Å². The van der Waals surface area contributed by atoms with Crippen LogP contribution < -0.4 is 51.4 Å². The first-order valence-electron chi connectivity index (χ1n) is 2.27. The number of rotatable bonds is 1. The van der Waals surface area contributed by atoms with Gasteiger partial charge in [-0.05, 0) is 0 Å². The molecule has 12 heavy (non-hydrogen) atoms. The molecule has 0 aliphatic rings. The minimum atomic E-state index is -4.23. The van der Waals surface area contributed by atoms with Crippen molar-refractivity contribution < 1.29 is 84.4 Å². The average Bonchev–Trinajstić information content (AvgIpc) is 1.58. The van der Waals surface area contributed by atoms with E-state index in [-0.39, 0.29) is 51.4 Å². The van der Waals surface area contributed by atoms with Crippen molar-refractivity contribution in [2.24, 2.45) is 0 Å². The molecule has 0 rings (SSSR count). The van der Waals surface area contributed by atoms with Gasteiger partial charge in [-0.2, -0.15) is 13.2 Å². The van der Waals surface area contributed by atoms with E-state index in [4.69, 9.17) is 15.1 Å². The fourth-order valence-electron chi connectivity index (χ4n) is 0.116. The maximum absolute atomic E-state index is 10.9. The number of hydrogen-bond donors (Lipinski definition) is 3. The summed E-state index contributed by atoms with van der Waals surface area (Å²) in [5.74, 6) is 0. The van der Waals surface area contributed by atoms with Gasteiger partial charge in [-0.15, -0.1) is 0 Å². The summed E-state index contributed by atoms with van der Waals surface area (Å²) in [5, 5.41) is 21.5. The predicted octanol–water partition coefficient (Wildman–Crippen LogP) is -3.69. The maximum atomic E-state index is 10.9. The van der Waals surface area contributed by atoms with Crippen molar-refractivity contribution in [1.82, 2.24) is 0 Å². The van der Waals surface area contributed by atoms with Gasteiger partial charge in [0.2, 0.25) is 0 Å². The van der Waals surface area contributed by atoms with E-state index < -0.39 is 20.1 Å². The molecule has 0 radical (unpaired) electrons. The largest absolute Gasteiger partial charge is 1.00 e. The van der Waals surface area contributed by atoms with Gasteiger partial charge in [0.25, 0.3) is 0 Å². The van der Waals surface area contributed by atoms with E-state index in [1.165, 1.54) is 0 Å². The predicted molar refractivity (Wildman–Crippen MR) is 29.8 cm³/mol. The van der Waals surface area contributed by atoms with E-state index in [0.29, 0.717) is 0 Å². The molecular weight excluding hydrogens is 207 g/mol. The number of halogens is 3. The van der Waals surface area contributed by atoms with Crippen molar-refractivity contribution >= 4 is 7.32 Å². The van der Waals surface area contributed by atoms with E-state index in [0.717, 1.165) is 0 Å². The Morgan fingerprint density at radius 1 is 1.25 bits per heavy atom. The van der Waals surface area contributed by atoms with Gasteiger partial charge in [0.05, 0.1) is 0 Å². The second-order valence-electron chi connectivity index (χ2n) is 1.31. The van der Waals surface area contributed by atoms with E-state index in [1.54, 1.807) is 0 Å². The monoisotopic (exact) mass is 214 g/mol. The van der Waals surface area contributed by atoms with Crippen LogP contribution in [0.1, 0.15) is 0 Å². The van der Waals surface area contributed by atoms with Crippen molar-refractivity contribution in [3.05, 3.63) is 7.11 Å². The number of hydrogen-bond acceptors (Lipinski definition) is 4. The number of alkyl halides is 3. The Kier molecular flexibility index (Phi) is 16.5. The molecular formula is C3H7BF3KO4. The summed E-state index contributed by atoms with van der Waals surface area (Å²) in [4.78, 5) is 0. The molecule has 0 aliphatic heterocycles. The summed E-state index contributed by atoms with van der Waals surface area (Å²) in [6, 6.07) is 0. The van der Waals surface area contributed by atoms with Gasteiger partial charge < -0.3 is 19.8 Å². The van der Waals surface area contributed by atoms with Gasteiger partial charge in [-0.25, -0.2) is 7.11 Å². The molecule has 0 heterocycles. The third-order valence-electron chi connectivity index (χ3n) is 0.266. The van der Waals surface area contributed by atoms with E-state index >= 15 is 0 Å². The topological polar surface area (TPSA) is 69.9 Å². The van der Waals surface area contributed by atoms with Crippen molar-refractivity contribution in [2.45, 2.75) is 6.18 Å². The Bertz CT molecular complexity index is 87.4. The van der Waals surface area contributed by atoms with Crippen molar-refractivity contribution in [1.29, 1.82) is 0 Å². The molecule has 0 bridgehead atoms. The van der Waals surface area contributed by atoms with Crippen LogP contribution in [0, 0.1) is 7.11 Å². The van der Waals surface area contributed by atoms with Crippen LogP contribution in [0.3, 0.4) is 0 Å². The first-order chi connectivity index (χ1) is 4.79. The molecule has 4 nitrogen and oxygen atoms in total. The molecule has 0 saturated carbocycles. The van der Waals surface area contributed by atoms with Gasteiger partial charge in [0.15, 0.2) is 0 Å². The molecule has 68 valence electrons. The molecule has 0 aromatic heterocycles. The summed E-state index contributed by atoms with van der Waals surface area (Å²) < 4.78 is 36.2. The Morgan fingerprint density at radius 2 is 1.50 bits per heavy atom. The van der Waals surface area contributed by atoms with Crippen LogP contribution in [0.25, 0.3) is 0 Å². The molecule has 0 amide bonds. The van der Waals surface area contributed by atoms with Crippen LogP contribution in [0.4, 0.5) is 13.2 Å².